The van der Waals surface area contributed by atoms with Gasteiger partial charge in [-0.1, -0.05) is 24.3 Å². The number of benzene rings is 1. The number of nitrogens with zero attached hydrogens (tertiary/aromatic N) is 1. The van der Waals surface area contributed by atoms with Gasteiger partial charge >= 0.3 is 0 Å². The van der Waals surface area contributed by atoms with Gasteiger partial charge in [0.2, 0.25) is 0 Å². The summed E-state index contributed by atoms with van der Waals surface area (Å²) < 4.78 is 0. The first-order valence-electron chi connectivity index (χ1n) is 3.88. The molecule has 1 heterocycles. The Morgan fingerprint density at radius 1 is 1.25 bits per heavy atom. The highest BCUT2D eigenvalue weighted by atomic mass is 16.1. The molecular formula is C10H6NO. The Bertz CT molecular complexity index is 408. The Morgan fingerprint density at radius 3 is 2.75 bits per heavy atom. The molecule has 1 aromatic rings. The van der Waals surface area contributed by atoms with E-state index >= 15 is 0 Å². The van der Waals surface area contributed by atoms with Crippen molar-refractivity contribution in [3.63, 3.8) is 0 Å². The summed E-state index contributed by atoms with van der Waals surface area (Å²) >= 11 is 0. The topological polar surface area (TPSA) is 29.4 Å². The number of hydrogen-bond donors (Lipinski definition) is 0. The maximum absolute atomic E-state index is 11.1. The van der Waals surface area contributed by atoms with Crippen LogP contribution in [0, 0.1) is 6.42 Å². The van der Waals surface area contributed by atoms with Gasteiger partial charge in [-0.25, -0.2) is 0 Å². The Morgan fingerprint density at radius 2 is 2.00 bits per heavy atom. The summed E-state index contributed by atoms with van der Waals surface area (Å²) in [4.78, 5) is 15.3. The lowest BCUT2D eigenvalue weighted by Gasteiger charge is -2.01. The van der Waals surface area contributed by atoms with Gasteiger partial charge in [0.1, 0.15) is 0 Å². The lowest BCUT2D eigenvalue weighted by Crippen LogP contribution is -2.02. The van der Waals surface area contributed by atoms with Crippen LogP contribution in [-0.2, 0) is 10.3 Å². The summed E-state index contributed by atoms with van der Waals surface area (Å²) in [5.74, 6) is 0.128. The smallest absolute Gasteiger partial charge is 0.172 e. The van der Waals surface area contributed by atoms with Crippen LogP contribution in [-0.4, -0.2) is 12.0 Å². The number of ketones is 1. The average molecular weight is 156 g/mol. The van der Waals surface area contributed by atoms with Crippen molar-refractivity contribution in [3.8, 4) is 0 Å². The van der Waals surface area contributed by atoms with Gasteiger partial charge in [-0.3, -0.25) is 9.79 Å². The van der Waals surface area contributed by atoms with Crippen LogP contribution in [0.15, 0.2) is 29.3 Å². The van der Waals surface area contributed by atoms with Crippen molar-refractivity contribution in [2.75, 3.05) is 0 Å². The zero-order chi connectivity index (χ0) is 8.18. The van der Waals surface area contributed by atoms with Crippen LogP contribution < -0.4 is 0 Å². The molecule has 0 N–H and O–H groups in total. The molecule has 2 heteroatoms. The molecule has 1 saturated carbocycles. The summed E-state index contributed by atoms with van der Waals surface area (Å²) in [5, 5.41) is 0. The number of carbonyl (C=O) groups excluding carboxylic acids is 1. The third kappa shape index (κ3) is 0.524. The number of hydrogen-bond acceptors (Lipinski definition) is 2. The Kier molecular flexibility index (Phi) is 0.845. The quantitative estimate of drug-likeness (QED) is 0.553. The summed E-state index contributed by atoms with van der Waals surface area (Å²) in [6, 6.07) is 7.84. The predicted molar refractivity (Wildman–Crippen MR) is 45.0 cm³/mol. The molecule has 0 amide bonds. The van der Waals surface area contributed by atoms with E-state index in [0.29, 0.717) is 0 Å². The molecule has 3 rings (SSSR count). The third-order valence-corrected chi connectivity index (χ3v) is 2.41. The van der Waals surface area contributed by atoms with Gasteiger partial charge in [0.15, 0.2) is 11.3 Å². The Labute approximate surface area is 69.9 Å². The molecule has 1 aliphatic heterocycles. The first kappa shape index (κ1) is 6.12. The van der Waals surface area contributed by atoms with Crippen LogP contribution in [0.25, 0.3) is 0 Å². The summed E-state index contributed by atoms with van der Waals surface area (Å²) in [6.07, 6.45) is 3.44. The second kappa shape index (κ2) is 1.66. The van der Waals surface area contributed by atoms with Crippen molar-refractivity contribution in [1.29, 1.82) is 0 Å². The number of rotatable bonds is 0. The van der Waals surface area contributed by atoms with Crippen molar-refractivity contribution in [2.45, 2.75) is 5.54 Å². The number of Topliss-reactive ketones (excluding diaryl/α,β-unsaturated/α-hetero) is 1. The minimum absolute atomic E-state index is 0.128. The molecule has 1 aromatic carbocycles. The fourth-order valence-corrected chi connectivity index (χ4v) is 1.66. The van der Waals surface area contributed by atoms with E-state index in [4.69, 9.17) is 0 Å². The second-order valence-corrected chi connectivity index (χ2v) is 3.12. The highest BCUT2D eigenvalue weighted by molar-refractivity contribution is 6.20. The molecular weight excluding hydrogens is 150 g/mol. The van der Waals surface area contributed by atoms with Crippen molar-refractivity contribution in [2.24, 2.45) is 4.99 Å². The molecule has 2 nitrogen and oxygen atoms in total. The number of carbonyl (C=O) groups is 1. The highest BCUT2D eigenvalue weighted by Gasteiger charge is 2.58. The summed E-state index contributed by atoms with van der Waals surface area (Å²) in [6.45, 7) is 0. The van der Waals surface area contributed by atoms with Gasteiger partial charge in [-0.15, -0.1) is 0 Å². The standard InChI is InChI=1S/C10H6NO/c12-9-5-10(9)8-4-2-1-3-7(8)6-11-10/h1-6H. The second-order valence-electron chi connectivity index (χ2n) is 3.12. The Hall–Kier alpha value is -1.44. The van der Waals surface area contributed by atoms with Crippen LogP contribution in [0.5, 0.6) is 0 Å². The third-order valence-electron chi connectivity index (χ3n) is 2.41. The van der Waals surface area contributed by atoms with Crippen LogP contribution in [0.4, 0.5) is 0 Å². The Balaban J connectivity index is 2.27. The van der Waals surface area contributed by atoms with Crippen LogP contribution in [0.1, 0.15) is 11.1 Å². The average Bonchev–Trinajstić information content (AvgIpc) is 2.58. The van der Waals surface area contributed by atoms with Gasteiger partial charge in [0.25, 0.3) is 0 Å². The maximum Gasteiger partial charge on any atom is 0.172 e. The zero-order valence-corrected chi connectivity index (χ0v) is 6.32. The van der Waals surface area contributed by atoms with Crippen molar-refractivity contribution < 1.29 is 4.79 Å². The zero-order valence-electron chi connectivity index (χ0n) is 6.32. The van der Waals surface area contributed by atoms with Crippen molar-refractivity contribution in [1.82, 2.24) is 0 Å². The van der Waals surface area contributed by atoms with E-state index < -0.39 is 5.54 Å². The van der Waals surface area contributed by atoms with Crippen LogP contribution in [0.3, 0.4) is 0 Å². The maximum atomic E-state index is 11.1. The minimum Gasteiger partial charge on any atom is -0.296 e. The monoisotopic (exact) mass is 156 g/mol. The molecule has 0 aromatic heterocycles. The van der Waals surface area contributed by atoms with E-state index in [9.17, 15) is 4.79 Å². The van der Waals surface area contributed by atoms with Crippen LogP contribution >= 0.6 is 0 Å². The molecule has 1 spiro atoms. The first-order valence-corrected chi connectivity index (χ1v) is 3.88. The summed E-state index contributed by atoms with van der Waals surface area (Å²) in [5.41, 5.74) is 1.55. The van der Waals surface area contributed by atoms with Crippen LogP contribution in [0.2, 0.25) is 0 Å². The predicted octanol–water partition coefficient (Wildman–Crippen LogP) is 1.10. The molecule has 2 aliphatic rings. The molecule has 57 valence electrons. The molecule has 1 fully saturated rings. The van der Waals surface area contributed by atoms with Gasteiger partial charge in [-0.05, 0) is 11.1 Å². The van der Waals surface area contributed by atoms with Crippen molar-refractivity contribution >= 4 is 12.0 Å². The van der Waals surface area contributed by atoms with E-state index in [1.807, 2.05) is 24.3 Å². The normalized spacial score (nSPS) is 29.5. The lowest BCUT2D eigenvalue weighted by atomic mass is 10.0. The fourth-order valence-electron chi connectivity index (χ4n) is 1.66. The van der Waals surface area contributed by atoms with E-state index in [-0.39, 0.29) is 5.78 Å². The van der Waals surface area contributed by atoms with Gasteiger partial charge in [0.05, 0.1) is 6.42 Å². The fraction of sp³-hybridized carbons (Fsp3) is 0.100. The molecule has 1 radical (unpaired) electrons. The first-order chi connectivity index (χ1) is 5.83. The lowest BCUT2D eigenvalue weighted by molar-refractivity contribution is -0.110. The molecule has 0 saturated heterocycles. The molecule has 1 aliphatic carbocycles. The van der Waals surface area contributed by atoms with E-state index in [0.717, 1.165) is 11.1 Å². The van der Waals surface area contributed by atoms with E-state index in [1.54, 1.807) is 12.6 Å². The van der Waals surface area contributed by atoms with E-state index in [2.05, 4.69) is 4.99 Å². The SMILES string of the molecule is O=C1[CH]C12N=Cc1ccccc12. The number of fused-ring (bicyclic) bond motifs is 2. The summed E-state index contributed by atoms with van der Waals surface area (Å²) in [7, 11) is 0. The van der Waals surface area contributed by atoms with E-state index in [1.165, 1.54) is 0 Å². The minimum atomic E-state index is -0.559. The van der Waals surface area contributed by atoms with Gasteiger partial charge in [-0.2, -0.15) is 0 Å². The highest BCUT2D eigenvalue weighted by Crippen LogP contribution is 2.48. The van der Waals surface area contributed by atoms with Gasteiger partial charge in [0, 0.05) is 6.21 Å². The molecule has 1 unspecified atom stereocenters. The molecule has 0 bridgehead atoms. The van der Waals surface area contributed by atoms with Crippen molar-refractivity contribution in [3.05, 3.63) is 41.8 Å². The molecule has 12 heavy (non-hydrogen) atoms. The van der Waals surface area contributed by atoms with Gasteiger partial charge < -0.3 is 0 Å². The number of aliphatic imine (C=N–C) groups is 1. The largest absolute Gasteiger partial charge is 0.296 e. The molecule has 1 atom stereocenters.